The number of hydrazone groups is 2. The molecule has 0 saturated carbocycles. The van der Waals surface area contributed by atoms with Gasteiger partial charge in [0.1, 0.15) is 8.95 Å². The second kappa shape index (κ2) is 17.2. The summed E-state index contributed by atoms with van der Waals surface area (Å²) in [6.07, 6.45) is 2.89. The molecule has 4 aromatic carbocycles. The minimum absolute atomic E-state index is 0. The zero-order valence-corrected chi connectivity index (χ0v) is 28.4. The molecule has 0 heterocycles. The fourth-order valence-corrected chi connectivity index (χ4v) is 5.54. The van der Waals surface area contributed by atoms with Gasteiger partial charge in [0.25, 0.3) is 23.3 Å². The van der Waals surface area contributed by atoms with Crippen molar-refractivity contribution in [2.45, 2.75) is 0 Å². The number of benzene rings is 4. The number of hydrogen-bond donors (Lipinski definition) is 2. The standard InChI is InChI=1S/2C14H10Br2N2O2.Mn/c2*15-11-6-10(13(19)12(16)7-11)8-17-18-14(20)9-4-2-1-3-5-9;/h2*1-8,19H,(H,18,20);/q;;+2/p+2. The van der Waals surface area contributed by atoms with Gasteiger partial charge in [0.05, 0.1) is 23.6 Å². The minimum Gasteiger partial charge on any atom is -0.592 e. The molecule has 4 aromatic rings. The molecule has 0 aliphatic carbocycles. The quantitative estimate of drug-likeness (QED) is 0.0956. The van der Waals surface area contributed by atoms with Gasteiger partial charge >= 0.3 is 17.1 Å². The van der Waals surface area contributed by atoms with Crippen molar-refractivity contribution in [1.82, 2.24) is 10.9 Å². The molecule has 0 fully saturated rings. The first kappa shape index (κ1) is 34.4. The second-order valence-electron chi connectivity index (χ2n) is 7.83. The zero-order chi connectivity index (χ0) is 29.1. The molecule has 0 bridgehead atoms. The molecule has 0 aromatic heterocycles. The third kappa shape index (κ3) is 10.8. The van der Waals surface area contributed by atoms with Gasteiger partial charge in [-0.2, -0.15) is 10.2 Å². The van der Waals surface area contributed by atoms with Crippen molar-refractivity contribution in [3.05, 3.63) is 125 Å². The molecule has 13 heteroatoms. The van der Waals surface area contributed by atoms with Crippen molar-refractivity contribution in [2.75, 3.05) is 0 Å². The van der Waals surface area contributed by atoms with Gasteiger partial charge in [-0.3, -0.25) is 9.59 Å². The monoisotopic (exact) mass is 849 g/mol. The number of hydrogen-bond acceptors (Lipinski definition) is 4. The van der Waals surface area contributed by atoms with Gasteiger partial charge < -0.3 is 10.2 Å². The summed E-state index contributed by atoms with van der Waals surface area (Å²) in [5.74, 6) is 0.0432. The maximum absolute atomic E-state index is 11.8. The first-order valence-electron chi connectivity index (χ1n) is 11.3. The van der Waals surface area contributed by atoms with Crippen LogP contribution in [0.2, 0.25) is 0 Å². The predicted octanol–water partition coefficient (Wildman–Crippen LogP) is 6.82. The summed E-state index contributed by atoms with van der Waals surface area (Å²) in [4.78, 5) is 23.5. The SMILES string of the molecule is O=C(NN=Cc1cc(Br)cc(Br)c1[OH2+])c1ccccc1.O=C(NN=Cc1cc(Br)cc(Br)c1[OH2+])c1ccccc1.[Mn+2]. The maximum atomic E-state index is 11.8. The zero-order valence-electron chi connectivity index (χ0n) is 20.8. The molecule has 6 N–H and O–H groups in total. The Hall–Kier alpha value is -2.80. The van der Waals surface area contributed by atoms with E-state index in [0.717, 1.165) is 8.95 Å². The van der Waals surface area contributed by atoms with Crippen molar-refractivity contribution < 1.29 is 36.9 Å². The topological polar surface area (TPSA) is 129 Å². The molecular formula is C28H22Br4MnN4O4+4. The Morgan fingerprint density at radius 1 is 0.610 bits per heavy atom. The summed E-state index contributed by atoms with van der Waals surface area (Å²) >= 11 is 13.3. The molecule has 0 spiro atoms. The summed E-state index contributed by atoms with van der Waals surface area (Å²) in [5.41, 5.74) is 7.12. The largest absolute Gasteiger partial charge is 2.00 e. The van der Waals surface area contributed by atoms with E-state index in [-0.39, 0.29) is 28.9 Å². The van der Waals surface area contributed by atoms with Crippen molar-refractivity contribution in [1.29, 1.82) is 0 Å². The minimum atomic E-state index is -0.289. The molecule has 4 rings (SSSR count). The predicted molar refractivity (Wildman–Crippen MR) is 173 cm³/mol. The molecule has 0 aliphatic rings. The number of rotatable bonds is 6. The van der Waals surface area contributed by atoms with Gasteiger partial charge in [0.15, 0.2) is 0 Å². The van der Waals surface area contributed by atoms with Crippen LogP contribution in [-0.4, -0.2) is 34.5 Å². The Morgan fingerprint density at radius 3 is 1.29 bits per heavy atom. The summed E-state index contributed by atoms with van der Waals surface area (Å²) in [7, 11) is 0. The second-order valence-corrected chi connectivity index (χ2v) is 11.4. The molecule has 0 atom stereocenters. The van der Waals surface area contributed by atoms with E-state index in [9.17, 15) is 9.59 Å². The third-order valence-electron chi connectivity index (χ3n) is 4.98. The average molecular weight is 853 g/mol. The summed E-state index contributed by atoms with van der Waals surface area (Å²) in [5, 5.41) is 23.5. The van der Waals surface area contributed by atoms with E-state index < -0.39 is 0 Å². The van der Waals surface area contributed by atoms with Crippen LogP contribution in [0.3, 0.4) is 0 Å². The Kier molecular flexibility index (Phi) is 14.5. The summed E-state index contributed by atoms with van der Waals surface area (Å²) < 4.78 is 2.97. The van der Waals surface area contributed by atoms with Crippen molar-refractivity contribution in [2.24, 2.45) is 10.2 Å². The number of carbonyl (C=O) groups is 2. The van der Waals surface area contributed by atoms with Crippen molar-refractivity contribution in [3.8, 4) is 11.5 Å². The van der Waals surface area contributed by atoms with E-state index in [2.05, 4.69) is 84.8 Å². The van der Waals surface area contributed by atoms with Crippen LogP contribution in [0, 0.1) is 0 Å². The van der Waals surface area contributed by atoms with Crippen molar-refractivity contribution in [3.63, 3.8) is 0 Å². The molecule has 0 saturated heterocycles. The van der Waals surface area contributed by atoms with Crippen LogP contribution in [0.1, 0.15) is 31.8 Å². The van der Waals surface area contributed by atoms with E-state index in [0.29, 0.717) is 42.7 Å². The van der Waals surface area contributed by atoms with Crippen molar-refractivity contribution >= 4 is 88.0 Å². The molecular weight excluding hydrogens is 831 g/mol. The van der Waals surface area contributed by atoms with Crippen LogP contribution in [0.4, 0.5) is 0 Å². The Balaban J connectivity index is 0.000000280. The van der Waals surface area contributed by atoms with Crippen LogP contribution < -0.4 is 10.9 Å². The smallest absolute Gasteiger partial charge is 0.592 e. The van der Waals surface area contributed by atoms with Crippen LogP contribution in [-0.2, 0) is 17.1 Å². The van der Waals surface area contributed by atoms with Gasteiger partial charge in [0, 0.05) is 20.1 Å². The fraction of sp³-hybridized carbons (Fsp3) is 0. The first-order valence-corrected chi connectivity index (χ1v) is 14.5. The number of halogens is 4. The van der Waals surface area contributed by atoms with E-state index in [1.807, 2.05) is 12.1 Å². The Bertz CT molecular complexity index is 1440. The molecule has 41 heavy (non-hydrogen) atoms. The third-order valence-corrected chi connectivity index (χ3v) is 7.15. The Morgan fingerprint density at radius 2 is 0.951 bits per heavy atom. The first-order chi connectivity index (χ1) is 19.2. The fourth-order valence-electron chi connectivity index (χ4n) is 3.02. The van der Waals surface area contributed by atoms with Crippen LogP contribution in [0.15, 0.2) is 113 Å². The van der Waals surface area contributed by atoms with E-state index in [4.69, 9.17) is 10.2 Å². The number of carbonyl (C=O) groups excluding carboxylic acids is 2. The molecule has 0 unspecified atom stereocenters. The van der Waals surface area contributed by atoms with Crippen LogP contribution in [0.5, 0.6) is 11.5 Å². The molecule has 1 radical (unpaired) electrons. The van der Waals surface area contributed by atoms with Crippen LogP contribution >= 0.6 is 63.7 Å². The molecule has 8 nitrogen and oxygen atoms in total. The van der Waals surface area contributed by atoms with Gasteiger partial charge in [0.2, 0.25) is 0 Å². The number of nitrogens with zero attached hydrogens (tertiary/aromatic N) is 2. The van der Waals surface area contributed by atoms with Gasteiger partial charge in [-0.1, -0.05) is 68.3 Å². The molecule has 0 aliphatic heterocycles. The number of nitrogens with one attached hydrogen (secondary N) is 2. The Labute approximate surface area is 280 Å². The molecule has 2 amide bonds. The van der Waals surface area contributed by atoms with E-state index in [1.54, 1.807) is 72.8 Å². The number of amides is 2. The van der Waals surface area contributed by atoms with E-state index in [1.165, 1.54) is 12.4 Å². The normalized spacial score (nSPS) is 10.4. The van der Waals surface area contributed by atoms with E-state index >= 15 is 0 Å². The van der Waals surface area contributed by atoms with Gasteiger partial charge in [-0.15, -0.1) is 0 Å². The van der Waals surface area contributed by atoms with Gasteiger partial charge in [-0.25, -0.2) is 10.9 Å². The van der Waals surface area contributed by atoms with Gasteiger partial charge in [-0.05, 0) is 80.4 Å². The maximum Gasteiger partial charge on any atom is 2.00 e. The summed E-state index contributed by atoms with van der Waals surface area (Å²) in [6.45, 7) is 0. The van der Waals surface area contributed by atoms with Crippen LogP contribution in [0.25, 0.3) is 0 Å². The molecule has 209 valence electrons. The summed E-state index contributed by atoms with van der Waals surface area (Å²) in [6, 6.07) is 24.7. The average Bonchev–Trinajstić information content (AvgIpc) is 2.95.